The third-order valence-electron chi connectivity index (χ3n) is 3.88. The molecule has 0 aromatic heterocycles. The van der Waals surface area contributed by atoms with Crippen LogP contribution in [0, 0.1) is 11.8 Å². The van der Waals surface area contributed by atoms with E-state index in [1.807, 2.05) is 30.3 Å². The Hall–Kier alpha value is -0.244. The third-order valence-corrected chi connectivity index (χ3v) is 3.88. The van der Waals surface area contributed by atoms with Gasteiger partial charge in [0.05, 0.1) is 12.5 Å². The van der Waals surface area contributed by atoms with Crippen LogP contribution in [0.3, 0.4) is 0 Å². The van der Waals surface area contributed by atoms with Crippen molar-refractivity contribution in [1.29, 1.82) is 0 Å². The average Bonchev–Trinajstić information content (AvgIpc) is 2.55. The molecule has 1 aromatic carbocycles. The van der Waals surface area contributed by atoms with Gasteiger partial charge in [-0.1, -0.05) is 37.3 Å². The van der Waals surface area contributed by atoms with Gasteiger partial charge >= 0.3 is 57.4 Å². The molecule has 0 radical (unpaired) electrons. The fraction of sp³-hybridized carbons (Fsp3) is 0.556. The largest absolute Gasteiger partial charge is 1.00 e. The van der Waals surface area contributed by atoms with E-state index in [1.165, 1.54) is 7.11 Å². The van der Waals surface area contributed by atoms with E-state index in [1.54, 1.807) is 6.92 Å². The fourth-order valence-corrected chi connectivity index (χ4v) is 2.43. The van der Waals surface area contributed by atoms with Gasteiger partial charge in [-0.05, 0) is 37.2 Å². The topological polar surface area (TPSA) is 75.7 Å². The van der Waals surface area contributed by atoms with Crippen molar-refractivity contribution in [3.8, 4) is 0 Å². The van der Waals surface area contributed by atoms with E-state index in [4.69, 9.17) is 9.47 Å². The first-order valence-electron chi connectivity index (χ1n) is 7.98. The van der Waals surface area contributed by atoms with Crippen LogP contribution < -0.4 is 56.5 Å². The van der Waals surface area contributed by atoms with Crippen LogP contribution in [-0.2, 0) is 25.5 Å². The molecule has 0 fully saturated rings. The van der Waals surface area contributed by atoms with Crippen LogP contribution >= 0.6 is 0 Å². The molecule has 2 unspecified atom stereocenters. The van der Waals surface area contributed by atoms with Crippen molar-refractivity contribution in [3.05, 3.63) is 35.9 Å². The van der Waals surface area contributed by atoms with Crippen molar-refractivity contribution in [1.82, 2.24) is 0 Å². The summed E-state index contributed by atoms with van der Waals surface area (Å²) in [4.78, 5) is 23.4. The molecule has 1 rings (SSSR count). The van der Waals surface area contributed by atoms with Crippen LogP contribution in [0.2, 0.25) is 0 Å². The third kappa shape index (κ3) is 9.29. The van der Waals surface area contributed by atoms with E-state index in [2.05, 4.69) is 0 Å². The molecule has 1 aromatic rings. The van der Waals surface area contributed by atoms with Gasteiger partial charge in [-0.2, -0.15) is 0 Å². The summed E-state index contributed by atoms with van der Waals surface area (Å²) in [6.07, 6.45) is 1.95. The van der Waals surface area contributed by atoms with Gasteiger partial charge in [0.25, 0.3) is 0 Å². The number of carboxylic acids is 1. The number of carbonyl (C=O) groups excluding carboxylic acids is 2. The minimum absolute atomic E-state index is 0. The van der Waals surface area contributed by atoms with Crippen molar-refractivity contribution in [3.63, 3.8) is 0 Å². The molecule has 2 atom stereocenters. The van der Waals surface area contributed by atoms with E-state index in [0.29, 0.717) is 25.9 Å². The van der Waals surface area contributed by atoms with Crippen LogP contribution in [-0.4, -0.2) is 32.3 Å². The molecule has 0 amide bonds. The van der Waals surface area contributed by atoms with Gasteiger partial charge in [-0.25, -0.2) is 0 Å². The zero-order valence-corrected chi connectivity index (χ0v) is 17.9. The van der Waals surface area contributed by atoms with Crippen LogP contribution in [0.1, 0.15) is 31.7 Å². The normalized spacial score (nSPS) is 12.8. The Labute approximate surface area is 186 Å². The van der Waals surface area contributed by atoms with Crippen molar-refractivity contribution >= 4 is 11.9 Å². The molecule has 0 saturated heterocycles. The maximum Gasteiger partial charge on any atom is 1.00 e. The van der Waals surface area contributed by atoms with Crippen LogP contribution in [0.4, 0.5) is 0 Å². The van der Waals surface area contributed by atoms with E-state index < -0.39 is 17.8 Å². The smallest absolute Gasteiger partial charge is 0.550 e. The van der Waals surface area contributed by atoms with Gasteiger partial charge in [-0.3, -0.25) is 4.79 Å². The Bertz CT molecular complexity index is 478. The summed E-state index contributed by atoms with van der Waals surface area (Å²) in [7, 11) is 1.53. The Morgan fingerprint density at radius 1 is 1.12 bits per heavy atom. The summed E-state index contributed by atoms with van der Waals surface area (Å²) in [5.74, 6) is -2.56. The van der Waals surface area contributed by atoms with Gasteiger partial charge in [0.1, 0.15) is 6.61 Å². The van der Waals surface area contributed by atoms with E-state index in [0.717, 1.165) is 5.56 Å². The van der Waals surface area contributed by atoms with E-state index >= 15 is 0 Å². The molecular formula is C18H25KO5. The number of hydrogen-bond donors (Lipinski definition) is 0. The molecule has 0 N–H and O–H groups in total. The Morgan fingerprint density at radius 2 is 1.79 bits per heavy atom. The first kappa shape index (κ1) is 23.8. The summed E-state index contributed by atoms with van der Waals surface area (Å²) in [6.45, 7) is 2.29. The molecule has 0 saturated carbocycles. The number of benzene rings is 1. The van der Waals surface area contributed by atoms with Crippen LogP contribution in [0.25, 0.3) is 0 Å². The van der Waals surface area contributed by atoms with Crippen LogP contribution in [0.15, 0.2) is 30.3 Å². The number of aliphatic carboxylic acids is 1. The number of esters is 1. The molecule has 0 bridgehead atoms. The predicted molar refractivity (Wildman–Crippen MR) is 84.5 cm³/mol. The van der Waals surface area contributed by atoms with E-state index in [-0.39, 0.29) is 70.4 Å². The number of ether oxygens (including phenoxy) is 2. The SMILES string of the molecule is CCC(CC(CCc1ccccc1)C(=O)OCCOC)C(=O)[O-].[K+]. The first-order chi connectivity index (χ1) is 11.1. The Morgan fingerprint density at radius 3 is 2.33 bits per heavy atom. The Kier molecular flexibility index (Phi) is 13.8. The summed E-state index contributed by atoms with van der Waals surface area (Å²) in [5.41, 5.74) is 1.11. The minimum Gasteiger partial charge on any atom is -0.550 e. The van der Waals surface area contributed by atoms with Gasteiger partial charge in [0.2, 0.25) is 0 Å². The van der Waals surface area contributed by atoms with Crippen molar-refractivity contribution in [2.45, 2.75) is 32.6 Å². The molecule has 24 heavy (non-hydrogen) atoms. The standard InChI is InChI=1S/C18H26O5.K/c1-3-15(17(19)20)13-16(18(21)23-12-11-22-2)10-9-14-7-5-4-6-8-14;/h4-8,15-16H,3,9-13H2,1-2H3,(H,19,20);/q;+1/p-1. The minimum atomic E-state index is -1.11. The molecule has 0 aliphatic carbocycles. The molecule has 0 heterocycles. The van der Waals surface area contributed by atoms with Crippen molar-refractivity contribution in [2.24, 2.45) is 11.8 Å². The quantitative estimate of drug-likeness (QED) is 0.275. The predicted octanol–water partition coefficient (Wildman–Crippen LogP) is -1.40. The second kappa shape index (κ2) is 14.0. The second-order valence-corrected chi connectivity index (χ2v) is 5.54. The monoisotopic (exact) mass is 360 g/mol. The summed E-state index contributed by atoms with van der Waals surface area (Å²) in [6, 6.07) is 9.80. The number of methoxy groups -OCH3 is 1. The number of carboxylic acid groups (broad SMARTS) is 1. The molecule has 0 aliphatic heterocycles. The number of carbonyl (C=O) groups is 2. The molecule has 6 heteroatoms. The maximum absolute atomic E-state index is 12.2. The van der Waals surface area contributed by atoms with Gasteiger partial charge in [0, 0.05) is 13.1 Å². The zero-order chi connectivity index (χ0) is 17.1. The van der Waals surface area contributed by atoms with E-state index in [9.17, 15) is 14.7 Å². The summed E-state index contributed by atoms with van der Waals surface area (Å²) < 4.78 is 10.0. The number of aryl methyl sites for hydroxylation is 1. The molecule has 0 aliphatic rings. The Balaban J connectivity index is 0.00000529. The number of hydrogen-bond acceptors (Lipinski definition) is 5. The molecule has 5 nitrogen and oxygen atoms in total. The van der Waals surface area contributed by atoms with Crippen LogP contribution in [0.5, 0.6) is 0 Å². The number of rotatable bonds is 11. The van der Waals surface area contributed by atoms with Crippen molar-refractivity contribution < 1.29 is 75.6 Å². The zero-order valence-electron chi connectivity index (χ0n) is 14.8. The average molecular weight is 360 g/mol. The molecule has 0 spiro atoms. The molecule has 128 valence electrons. The van der Waals surface area contributed by atoms with Gasteiger partial charge < -0.3 is 19.4 Å². The summed E-state index contributed by atoms with van der Waals surface area (Å²) >= 11 is 0. The second-order valence-electron chi connectivity index (χ2n) is 5.54. The summed E-state index contributed by atoms with van der Waals surface area (Å²) in [5, 5.41) is 11.1. The fourth-order valence-electron chi connectivity index (χ4n) is 2.43. The first-order valence-corrected chi connectivity index (χ1v) is 7.98. The van der Waals surface area contributed by atoms with Gasteiger partial charge in [-0.15, -0.1) is 0 Å². The van der Waals surface area contributed by atoms with Gasteiger partial charge in [0.15, 0.2) is 0 Å². The van der Waals surface area contributed by atoms with Crippen molar-refractivity contribution in [2.75, 3.05) is 20.3 Å². The molecular weight excluding hydrogens is 335 g/mol. The maximum atomic E-state index is 12.2.